The van der Waals surface area contributed by atoms with E-state index in [-0.39, 0.29) is 25.2 Å². The number of rotatable bonds is 13. The van der Waals surface area contributed by atoms with Gasteiger partial charge in [-0.2, -0.15) is 0 Å². The lowest BCUT2D eigenvalue weighted by Gasteiger charge is -2.37. The van der Waals surface area contributed by atoms with Crippen molar-refractivity contribution in [2.75, 3.05) is 0 Å². The molecule has 1 fully saturated rings. The van der Waals surface area contributed by atoms with E-state index >= 15 is 0 Å². The van der Waals surface area contributed by atoms with Gasteiger partial charge in [0, 0.05) is 12.8 Å². The smallest absolute Gasteiger partial charge is 0.320 e. The van der Waals surface area contributed by atoms with Crippen molar-refractivity contribution in [1.82, 2.24) is 16.0 Å². The SMILES string of the molecule is NC(Cc1ccc(O[C@@H]2NC(=O)[C@H]2NC(=O)[C@H](Cc2ccccc2)NC(=O)CCc2ccccc2)cc1)C(=O)O. The summed E-state index contributed by atoms with van der Waals surface area (Å²) < 4.78 is 5.83. The third-order valence-corrected chi connectivity index (χ3v) is 6.54. The molecule has 40 heavy (non-hydrogen) atoms. The summed E-state index contributed by atoms with van der Waals surface area (Å²) in [5, 5.41) is 17.1. The zero-order valence-corrected chi connectivity index (χ0v) is 21.8. The van der Waals surface area contributed by atoms with Gasteiger partial charge in [-0.15, -0.1) is 0 Å². The number of carbonyl (C=O) groups excluding carboxylic acids is 3. The molecule has 0 radical (unpaired) electrons. The highest BCUT2D eigenvalue weighted by atomic mass is 16.5. The van der Waals surface area contributed by atoms with Crippen LogP contribution in [-0.4, -0.2) is 53.2 Å². The monoisotopic (exact) mass is 544 g/mol. The van der Waals surface area contributed by atoms with Crippen LogP contribution in [0.4, 0.5) is 0 Å². The van der Waals surface area contributed by atoms with Crippen molar-refractivity contribution in [3.05, 3.63) is 102 Å². The summed E-state index contributed by atoms with van der Waals surface area (Å²) >= 11 is 0. The zero-order valence-electron chi connectivity index (χ0n) is 21.8. The number of nitrogens with one attached hydrogen (secondary N) is 3. The van der Waals surface area contributed by atoms with E-state index in [4.69, 9.17) is 15.6 Å². The molecule has 1 unspecified atom stereocenters. The molecule has 0 spiro atoms. The van der Waals surface area contributed by atoms with Crippen molar-refractivity contribution in [1.29, 1.82) is 0 Å². The quantitative estimate of drug-likeness (QED) is 0.203. The van der Waals surface area contributed by atoms with Crippen LogP contribution < -0.4 is 26.4 Å². The van der Waals surface area contributed by atoms with Crippen molar-refractivity contribution in [3.63, 3.8) is 0 Å². The van der Waals surface area contributed by atoms with Gasteiger partial charge in [0.1, 0.15) is 17.8 Å². The standard InChI is InChI=1S/C30H32N4O6/c31-23(30(38)39)17-21-11-14-22(15-12-21)40-29-26(28(37)34-29)33-27(36)24(18-20-9-5-2-6-10-20)32-25(35)16-13-19-7-3-1-4-8-19/h1-12,14-15,23-24,26,29H,13,16-18,31H2,(H,32,35)(H,33,36)(H,34,37)(H,38,39)/t23?,24-,26+,29-/m0/s1. The zero-order chi connectivity index (χ0) is 28.5. The Hall–Kier alpha value is -4.70. The number of amides is 3. The third kappa shape index (κ3) is 7.90. The van der Waals surface area contributed by atoms with Crippen molar-refractivity contribution in [2.24, 2.45) is 5.73 Å². The number of carbonyl (C=O) groups is 4. The Morgan fingerprint density at radius 3 is 2.08 bits per heavy atom. The van der Waals surface area contributed by atoms with Crippen LogP contribution in [0.15, 0.2) is 84.9 Å². The molecule has 0 bridgehead atoms. The Morgan fingerprint density at radius 1 is 0.875 bits per heavy atom. The average Bonchev–Trinajstić information content (AvgIpc) is 2.96. The molecule has 10 heteroatoms. The minimum Gasteiger partial charge on any atom is -0.480 e. The van der Waals surface area contributed by atoms with Crippen LogP contribution in [0.25, 0.3) is 0 Å². The topological polar surface area (TPSA) is 160 Å². The normalized spacial score (nSPS) is 17.5. The Kier molecular flexibility index (Phi) is 9.48. The number of hydrogen-bond donors (Lipinski definition) is 5. The molecule has 0 saturated carbocycles. The van der Waals surface area contributed by atoms with Crippen molar-refractivity contribution in [3.8, 4) is 5.75 Å². The van der Waals surface area contributed by atoms with Gasteiger partial charge < -0.3 is 31.5 Å². The van der Waals surface area contributed by atoms with E-state index in [1.807, 2.05) is 60.7 Å². The minimum absolute atomic E-state index is 0.161. The van der Waals surface area contributed by atoms with E-state index in [2.05, 4.69) is 16.0 Å². The Labute approximate surface area is 231 Å². The summed E-state index contributed by atoms with van der Waals surface area (Å²) in [5.41, 5.74) is 8.18. The highest BCUT2D eigenvalue weighted by Crippen LogP contribution is 2.18. The first-order valence-corrected chi connectivity index (χ1v) is 13.0. The summed E-state index contributed by atoms with van der Waals surface area (Å²) in [6, 6.07) is 22.7. The van der Waals surface area contributed by atoms with Crippen LogP contribution in [0.5, 0.6) is 5.75 Å². The summed E-state index contributed by atoms with van der Waals surface area (Å²) in [6.07, 6.45) is 0.354. The van der Waals surface area contributed by atoms with Gasteiger partial charge in [0.15, 0.2) is 6.04 Å². The lowest BCUT2D eigenvalue weighted by atomic mass is 10.0. The molecular weight excluding hydrogens is 512 g/mol. The molecule has 0 aliphatic carbocycles. The summed E-state index contributed by atoms with van der Waals surface area (Å²) in [6.45, 7) is 0. The predicted molar refractivity (Wildman–Crippen MR) is 147 cm³/mol. The van der Waals surface area contributed by atoms with E-state index in [9.17, 15) is 19.2 Å². The van der Waals surface area contributed by atoms with Gasteiger partial charge in [-0.05, 0) is 41.7 Å². The van der Waals surface area contributed by atoms with E-state index in [0.717, 1.165) is 16.7 Å². The van der Waals surface area contributed by atoms with Crippen molar-refractivity contribution in [2.45, 2.75) is 50.0 Å². The first-order chi connectivity index (χ1) is 19.3. The highest BCUT2D eigenvalue weighted by Gasteiger charge is 2.43. The van der Waals surface area contributed by atoms with Gasteiger partial charge >= 0.3 is 5.97 Å². The molecule has 1 saturated heterocycles. The highest BCUT2D eigenvalue weighted by molar-refractivity contribution is 5.95. The first kappa shape index (κ1) is 28.3. The number of aliphatic carboxylic acids is 1. The van der Waals surface area contributed by atoms with E-state index in [1.54, 1.807) is 24.3 Å². The molecule has 208 valence electrons. The Bertz CT molecular complexity index is 1320. The van der Waals surface area contributed by atoms with Crippen molar-refractivity contribution < 1.29 is 29.0 Å². The number of carboxylic acid groups (broad SMARTS) is 1. The third-order valence-electron chi connectivity index (χ3n) is 6.54. The number of benzene rings is 3. The number of β-lactam (4-membered cyclic amide) rings is 1. The average molecular weight is 545 g/mol. The fourth-order valence-corrected chi connectivity index (χ4v) is 4.27. The summed E-state index contributed by atoms with van der Waals surface area (Å²) in [4.78, 5) is 49.3. The maximum atomic E-state index is 13.3. The van der Waals surface area contributed by atoms with Crippen molar-refractivity contribution >= 4 is 23.7 Å². The molecular formula is C30H32N4O6. The largest absolute Gasteiger partial charge is 0.480 e. The van der Waals surface area contributed by atoms with Crippen LogP contribution in [-0.2, 0) is 38.4 Å². The van der Waals surface area contributed by atoms with Gasteiger partial charge in [-0.1, -0.05) is 72.8 Å². The molecule has 3 amide bonds. The molecule has 1 aliphatic rings. The second-order valence-corrected chi connectivity index (χ2v) is 9.62. The molecule has 3 aromatic rings. The van der Waals surface area contributed by atoms with Crippen LogP contribution in [0.1, 0.15) is 23.1 Å². The number of nitrogens with two attached hydrogens (primary N) is 1. The van der Waals surface area contributed by atoms with Gasteiger partial charge in [0.2, 0.25) is 18.0 Å². The van der Waals surface area contributed by atoms with E-state index < -0.39 is 42.1 Å². The van der Waals surface area contributed by atoms with Gasteiger partial charge in [-0.25, -0.2) is 0 Å². The molecule has 3 aromatic carbocycles. The van der Waals surface area contributed by atoms with Crippen LogP contribution in [0.3, 0.4) is 0 Å². The lowest BCUT2D eigenvalue weighted by molar-refractivity contribution is -0.144. The molecule has 0 aromatic heterocycles. The van der Waals surface area contributed by atoms with Gasteiger partial charge in [0.05, 0.1) is 0 Å². The number of hydrogen-bond acceptors (Lipinski definition) is 6. The summed E-state index contributed by atoms with van der Waals surface area (Å²) in [7, 11) is 0. The molecule has 1 aliphatic heterocycles. The Morgan fingerprint density at radius 2 is 1.48 bits per heavy atom. The minimum atomic E-state index is -1.09. The van der Waals surface area contributed by atoms with Crippen LogP contribution in [0.2, 0.25) is 0 Å². The number of aryl methyl sites for hydroxylation is 1. The lowest BCUT2D eigenvalue weighted by Crippen LogP contribution is -2.72. The van der Waals surface area contributed by atoms with Gasteiger partial charge in [0.25, 0.3) is 5.91 Å². The molecule has 4 rings (SSSR count). The summed E-state index contributed by atoms with van der Waals surface area (Å²) in [5.74, 6) is -1.84. The molecule has 1 heterocycles. The number of ether oxygens (including phenoxy) is 1. The Balaban J connectivity index is 1.36. The molecule has 4 atom stereocenters. The maximum Gasteiger partial charge on any atom is 0.320 e. The second-order valence-electron chi connectivity index (χ2n) is 9.62. The fourth-order valence-electron chi connectivity index (χ4n) is 4.27. The van der Waals surface area contributed by atoms with Crippen LogP contribution in [0, 0.1) is 0 Å². The first-order valence-electron chi connectivity index (χ1n) is 13.0. The van der Waals surface area contributed by atoms with E-state index in [0.29, 0.717) is 12.2 Å². The van der Waals surface area contributed by atoms with Crippen LogP contribution >= 0.6 is 0 Å². The number of carboxylic acids is 1. The predicted octanol–water partition coefficient (Wildman–Crippen LogP) is 1.32. The van der Waals surface area contributed by atoms with E-state index in [1.165, 1.54) is 0 Å². The second kappa shape index (κ2) is 13.4. The molecule has 10 nitrogen and oxygen atoms in total. The van der Waals surface area contributed by atoms with Gasteiger partial charge in [-0.3, -0.25) is 19.2 Å². The fraction of sp³-hybridized carbons (Fsp3) is 0.267. The maximum absolute atomic E-state index is 13.3. The molecule has 6 N–H and O–H groups in total.